The number of benzene rings is 3. The van der Waals surface area contributed by atoms with Crippen LogP contribution in [0.2, 0.25) is 0 Å². The highest BCUT2D eigenvalue weighted by molar-refractivity contribution is 5.99. The molecule has 0 spiro atoms. The monoisotopic (exact) mass is 949 g/mol. The van der Waals surface area contributed by atoms with E-state index in [1.807, 2.05) is 43.3 Å². The molecule has 69 heavy (non-hydrogen) atoms. The van der Waals surface area contributed by atoms with Gasteiger partial charge in [0.25, 0.3) is 0 Å². The topological polar surface area (TPSA) is 269 Å². The summed E-state index contributed by atoms with van der Waals surface area (Å²) < 4.78 is 5.52. The van der Waals surface area contributed by atoms with E-state index in [2.05, 4.69) is 42.2 Å². The lowest BCUT2D eigenvalue weighted by molar-refractivity contribution is -0.142. The Bertz CT molecular complexity index is 2490. The van der Waals surface area contributed by atoms with Crippen molar-refractivity contribution in [2.45, 2.75) is 89.8 Å². The van der Waals surface area contributed by atoms with Crippen LogP contribution in [0, 0.1) is 11.8 Å². The Morgan fingerprint density at radius 3 is 1.77 bits per heavy atom. The molecule has 7 amide bonds. The summed E-state index contributed by atoms with van der Waals surface area (Å²) in [4.78, 5) is 117. The van der Waals surface area contributed by atoms with Crippen molar-refractivity contribution in [2.24, 2.45) is 11.8 Å². The number of nitrogens with one attached hydrogen (secondary N) is 8. The van der Waals surface area contributed by atoms with E-state index in [0.717, 1.165) is 17.3 Å². The minimum atomic E-state index is -1.67. The van der Waals surface area contributed by atoms with Crippen molar-refractivity contribution in [3.05, 3.63) is 108 Å². The largest absolute Gasteiger partial charge is 0.460 e. The lowest BCUT2D eigenvalue weighted by Crippen LogP contribution is -2.61. The zero-order chi connectivity index (χ0) is 50.4. The van der Waals surface area contributed by atoms with Gasteiger partial charge in [-0.15, -0.1) is 0 Å². The lowest BCUT2D eigenvalue weighted by Gasteiger charge is -2.29. The molecule has 2 heterocycles. The summed E-state index contributed by atoms with van der Waals surface area (Å²) >= 11 is 0. The maximum atomic E-state index is 14.5. The normalized spacial score (nSPS) is 22.7. The summed E-state index contributed by atoms with van der Waals surface area (Å²) in [5.74, 6) is -8.00. The van der Waals surface area contributed by atoms with Crippen LogP contribution in [-0.2, 0) is 55.9 Å². The number of rotatable bonds is 12. The smallest absolute Gasteiger partial charge is 0.330 e. The van der Waals surface area contributed by atoms with Crippen molar-refractivity contribution in [1.82, 2.24) is 42.2 Å². The highest BCUT2D eigenvalue weighted by Crippen LogP contribution is 2.20. The first-order valence-corrected chi connectivity index (χ1v) is 22.8. The first-order chi connectivity index (χ1) is 32.8. The summed E-state index contributed by atoms with van der Waals surface area (Å²) in [6.07, 6.45) is 4.12. The molecule has 1 aliphatic heterocycles. The van der Waals surface area contributed by atoms with Crippen molar-refractivity contribution in [1.29, 1.82) is 0 Å². The molecule has 1 saturated heterocycles. The van der Waals surface area contributed by atoms with E-state index >= 15 is 0 Å². The fraction of sp³-hybridized carbons (Fsp3) is 0.400. The number of aliphatic hydroxyl groups is 1. The number of H-pyrrole nitrogens is 1. The third kappa shape index (κ3) is 14.7. The third-order valence-electron chi connectivity index (χ3n) is 11.6. The second kappa shape index (κ2) is 24.5. The molecule has 3 aromatic carbocycles. The lowest BCUT2D eigenvalue weighted by atomic mass is 9.99. The van der Waals surface area contributed by atoms with Crippen LogP contribution < -0.4 is 42.1 Å². The van der Waals surface area contributed by atoms with Crippen molar-refractivity contribution in [3.63, 3.8) is 0 Å². The SMILES string of the molecule is CC(C)[C@H]1NC(=O)[C@H](Cc2ccccc2)NC(=O)[C@@H](C(C)C)NC(=O)[C@@H](C)NC(=O)[C@H](CO)NC(=O)[C@@H](Cc2c[nH]c3ccccc23)NC(=O)[C@@H](COC(=O)/C=C/c2ccc(N(C)C)cc2)NC1=O. The molecule has 19 nitrogen and oxygen atoms in total. The van der Waals surface area contributed by atoms with Crippen LogP contribution in [-0.4, -0.2) is 127 Å². The molecule has 5 rings (SSSR count). The van der Waals surface area contributed by atoms with Crippen LogP contribution in [0.25, 0.3) is 17.0 Å². The number of aromatic nitrogens is 1. The second-order valence-corrected chi connectivity index (χ2v) is 17.8. The number of carbonyl (C=O) groups excluding carboxylic acids is 8. The van der Waals surface area contributed by atoms with Gasteiger partial charge in [-0.05, 0) is 59.7 Å². The van der Waals surface area contributed by atoms with Crippen molar-refractivity contribution >= 4 is 70.0 Å². The van der Waals surface area contributed by atoms with Crippen molar-refractivity contribution in [3.8, 4) is 0 Å². The Morgan fingerprint density at radius 2 is 1.14 bits per heavy atom. The number of aliphatic hydroxyl groups excluding tert-OH is 1. The maximum absolute atomic E-state index is 14.5. The van der Waals surface area contributed by atoms with E-state index in [0.29, 0.717) is 22.1 Å². The number of esters is 1. The number of fused-ring (bicyclic) bond motifs is 1. The average molecular weight is 950 g/mol. The fourth-order valence-electron chi connectivity index (χ4n) is 7.48. The van der Waals surface area contributed by atoms with Gasteiger partial charge in [0.2, 0.25) is 41.4 Å². The van der Waals surface area contributed by atoms with Gasteiger partial charge in [-0.1, -0.05) is 88.4 Å². The van der Waals surface area contributed by atoms with E-state index in [1.54, 1.807) is 88.5 Å². The molecular formula is C50H63N9O10. The fourth-order valence-corrected chi connectivity index (χ4v) is 7.48. The number of amides is 7. The van der Waals surface area contributed by atoms with Gasteiger partial charge in [0.1, 0.15) is 48.9 Å². The van der Waals surface area contributed by atoms with Crippen molar-refractivity contribution < 1.29 is 48.2 Å². The summed E-state index contributed by atoms with van der Waals surface area (Å²) in [5.41, 5.74) is 3.59. The molecule has 9 N–H and O–H groups in total. The van der Waals surface area contributed by atoms with Crippen LogP contribution >= 0.6 is 0 Å². The summed E-state index contributed by atoms with van der Waals surface area (Å²) in [6.45, 7) is 6.36. The van der Waals surface area contributed by atoms with Gasteiger partial charge in [-0.2, -0.15) is 0 Å². The standard InChI is InChI=1S/C50H63N9O10/c1-28(2)42-49(67)54-37(23-32-13-9-8-10-14-32)46(64)58-43(29(3)4)50(68)56-40(27-69-41(61)22-19-31-17-20-34(21-18-31)59(6)7)48(66)53-38(24-33-25-51-36-16-12-11-15-35(33)36)45(63)55-39(26-60)47(65)52-30(5)44(62)57-42/h8-22,25,28-30,37-40,42-43,51,60H,23-24,26-27H2,1-7H3,(H,52,65)(H,53,66)(H,54,67)(H,55,63)(H,56,68)(H,57,62)(H,58,64)/b22-19+/t30-,37+,38-,39+,40-,42-,43-/m1/s1. The van der Waals surface area contributed by atoms with E-state index in [9.17, 15) is 43.5 Å². The van der Waals surface area contributed by atoms with Gasteiger partial charge in [-0.3, -0.25) is 33.6 Å². The summed E-state index contributed by atoms with van der Waals surface area (Å²) in [7, 11) is 3.78. The Morgan fingerprint density at radius 1 is 0.623 bits per heavy atom. The van der Waals surface area contributed by atoms with E-state index in [-0.39, 0.29) is 12.8 Å². The van der Waals surface area contributed by atoms with Gasteiger partial charge in [0, 0.05) is 55.8 Å². The minimum absolute atomic E-state index is 0.0221. The van der Waals surface area contributed by atoms with E-state index < -0.39 is 115 Å². The first-order valence-electron chi connectivity index (χ1n) is 22.8. The molecule has 4 aromatic rings. The van der Waals surface area contributed by atoms with Crippen molar-refractivity contribution in [2.75, 3.05) is 32.2 Å². The zero-order valence-corrected chi connectivity index (χ0v) is 39.8. The predicted octanol–water partition coefficient (Wildman–Crippen LogP) is 1.01. The van der Waals surface area contributed by atoms with Gasteiger partial charge < -0.3 is 56.9 Å². The highest BCUT2D eigenvalue weighted by Gasteiger charge is 2.37. The van der Waals surface area contributed by atoms with Crippen LogP contribution in [0.4, 0.5) is 5.69 Å². The minimum Gasteiger partial charge on any atom is -0.460 e. The number of carbonyl (C=O) groups is 8. The Kier molecular flexibility index (Phi) is 18.6. The van der Waals surface area contributed by atoms with Gasteiger partial charge in [0.15, 0.2) is 0 Å². The number of hydrogen-bond acceptors (Lipinski definition) is 11. The molecule has 1 fully saturated rings. The molecular weight excluding hydrogens is 887 g/mol. The van der Waals surface area contributed by atoms with Gasteiger partial charge >= 0.3 is 5.97 Å². The average Bonchev–Trinajstić information content (AvgIpc) is 3.73. The molecule has 1 aromatic heterocycles. The van der Waals surface area contributed by atoms with Crippen LogP contribution in [0.5, 0.6) is 0 Å². The summed E-state index contributed by atoms with van der Waals surface area (Å²) in [6, 6.07) is 13.4. The summed E-state index contributed by atoms with van der Waals surface area (Å²) in [5, 5.41) is 29.4. The highest BCUT2D eigenvalue weighted by atomic mass is 16.5. The van der Waals surface area contributed by atoms with Crippen LogP contribution in [0.15, 0.2) is 91.1 Å². The molecule has 0 bridgehead atoms. The number of anilines is 1. The third-order valence-corrected chi connectivity index (χ3v) is 11.6. The Balaban J connectivity index is 1.53. The molecule has 368 valence electrons. The number of nitrogens with zero attached hydrogens (tertiary/aromatic N) is 1. The maximum Gasteiger partial charge on any atom is 0.330 e. The zero-order valence-electron chi connectivity index (χ0n) is 39.8. The molecule has 0 aliphatic carbocycles. The van der Waals surface area contributed by atoms with E-state index in [1.165, 1.54) is 13.0 Å². The molecule has 0 unspecified atom stereocenters. The Hall–Kier alpha value is -7.54. The number of para-hydroxylation sites is 1. The first kappa shape index (κ1) is 52.4. The van der Waals surface area contributed by atoms with Gasteiger partial charge in [0.05, 0.1) is 6.61 Å². The van der Waals surface area contributed by atoms with Crippen LogP contribution in [0.1, 0.15) is 51.3 Å². The molecule has 7 atom stereocenters. The molecule has 0 saturated carbocycles. The molecule has 1 aliphatic rings. The molecule has 19 heteroatoms. The van der Waals surface area contributed by atoms with Gasteiger partial charge in [-0.25, -0.2) is 4.79 Å². The number of hydrogen-bond donors (Lipinski definition) is 9. The Labute approximate surface area is 400 Å². The van der Waals surface area contributed by atoms with Crippen LogP contribution in [0.3, 0.4) is 0 Å². The second-order valence-electron chi connectivity index (χ2n) is 17.8. The number of aromatic amines is 1. The van der Waals surface area contributed by atoms with E-state index in [4.69, 9.17) is 4.74 Å². The quantitative estimate of drug-likeness (QED) is 0.0715. The predicted molar refractivity (Wildman–Crippen MR) is 259 cm³/mol. The molecule has 0 radical (unpaired) electrons. The number of ether oxygens (including phenoxy) is 1.